The molecule has 20 heavy (non-hydrogen) atoms. The Hall–Kier alpha value is -2.30. The number of rotatable bonds is 5. The van der Waals surface area contributed by atoms with Crippen molar-refractivity contribution in [2.45, 2.75) is 26.3 Å². The van der Waals surface area contributed by atoms with Gasteiger partial charge in [-0.05, 0) is 25.5 Å². The van der Waals surface area contributed by atoms with Crippen molar-refractivity contribution in [3.05, 3.63) is 36.1 Å². The average Bonchev–Trinajstić information content (AvgIpc) is 2.88. The fourth-order valence-electron chi connectivity index (χ4n) is 1.70. The summed E-state index contributed by atoms with van der Waals surface area (Å²) in [6, 6.07) is 8.94. The number of esters is 1. The van der Waals surface area contributed by atoms with Crippen LogP contribution in [0.4, 0.5) is 0 Å². The molecule has 1 atom stereocenters. The Bertz CT molecular complexity index is 584. The molecule has 1 heterocycles. The lowest BCUT2D eigenvalue weighted by Crippen LogP contribution is -2.35. The first-order valence-electron chi connectivity index (χ1n) is 6.55. The van der Waals surface area contributed by atoms with Crippen molar-refractivity contribution >= 4 is 22.8 Å². The van der Waals surface area contributed by atoms with Gasteiger partial charge in [-0.2, -0.15) is 0 Å². The van der Waals surface area contributed by atoms with E-state index in [-0.39, 0.29) is 24.3 Å². The summed E-state index contributed by atoms with van der Waals surface area (Å²) in [6.07, 6.45) is 0.823. The van der Waals surface area contributed by atoms with Crippen LogP contribution in [0, 0.1) is 0 Å². The molecule has 0 aliphatic rings. The van der Waals surface area contributed by atoms with Crippen LogP contribution in [-0.4, -0.2) is 24.5 Å². The lowest BCUT2D eigenvalue weighted by molar-refractivity contribution is -0.124. The van der Waals surface area contributed by atoms with Gasteiger partial charge >= 0.3 is 5.97 Å². The van der Waals surface area contributed by atoms with Gasteiger partial charge in [-0.15, -0.1) is 0 Å². The SMILES string of the molecule is CC[C@@H](C)NC(=O)COC(=O)c1cc2ccccc2o1. The molecule has 0 aliphatic carbocycles. The van der Waals surface area contributed by atoms with Crippen LogP contribution in [0.1, 0.15) is 30.8 Å². The summed E-state index contributed by atoms with van der Waals surface area (Å²) in [4.78, 5) is 23.3. The summed E-state index contributed by atoms with van der Waals surface area (Å²) < 4.78 is 10.3. The highest BCUT2D eigenvalue weighted by Gasteiger charge is 2.15. The number of carbonyl (C=O) groups excluding carboxylic acids is 2. The van der Waals surface area contributed by atoms with E-state index in [1.54, 1.807) is 12.1 Å². The second-order valence-corrected chi connectivity index (χ2v) is 4.60. The standard InChI is InChI=1S/C15H17NO4/c1-3-10(2)16-14(17)9-19-15(18)13-8-11-6-4-5-7-12(11)20-13/h4-8,10H,3,9H2,1-2H3,(H,16,17)/t10-/m1/s1. The van der Waals surface area contributed by atoms with E-state index in [0.717, 1.165) is 11.8 Å². The van der Waals surface area contributed by atoms with E-state index >= 15 is 0 Å². The molecule has 5 heteroatoms. The molecule has 0 radical (unpaired) electrons. The average molecular weight is 275 g/mol. The van der Waals surface area contributed by atoms with Gasteiger partial charge in [-0.1, -0.05) is 25.1 Å². The second-order valence-electron chi connectivity index (χ2n) is 4.60. The maximum Gasteiger partial charge on any atom is 0.374 e. The van der Waals surface area contributed by atoms with Crippen LogP contribution >= 0.6 is 0 Å². The third-order valence-corrected chi connectivity index (χ3v) is 2.98. The molecule has 0 unspecified atom stereocenters. The first kappa shape index (κ1) is 14.1. The molecule has 1 amide bonds. The van der Waals surface area contributed by atoms with Crippen molar-refractivity contribution in [3.63, 3.8) is 0 Å². The minimum absolute atomic E-state index is 0.0624. The number of furan rings is 1. The second kappa shape index (κ2) is 6.23. The van der Waals surface area contributed by atoms with Gasteiger partial charge in [0.25, 0.3) is 5.91 Å². The topological polar surface area (TPSA) is 68.5 Å². The van der Waals surface area contributed by atoms with Crippen molar-refractivity contribution in [1.29, 1.82) is 0 Å². The number of nitrogens with one attached hydrogen (secondary N) is 1. The van der Waals surface area contributed by atoms with Crippen molar-refractivity contribution in [2.75, 3.05) is 6.61 Å². The highest BCUT2D eigenvalue weighted by Crippen LogP contribution is 2.19. The number of ether oxygens (including phenoxy) is 1. The Kier molecular flexibility index (Phi) is 4.40. The molecule has 0 saturated carbocycles. The van der Waals surface area contributed by atoms with Gasteiger partial charge in [0.2, 0.25) is 5.76 Å². The zero-order valence-corrected chi connectivity index (χ0v) is 11.5. The Balaban J connectivity index is 1.93. The maximum absolute atomic E-state index is 11.8. The number of para-hydroxylation sites is 1. The molecular formula is C15H17NO4. The molecular weight excluding hydrogens is 258 g/mol. The number of benzene rings is 1. The van der Waals surface area contributed by atoms with Crippen LogP contribution in [0.3, 0.4) is 0 Å². The van der Waals surface area contributed by atoms with E-state index in [1.807, 2.05) is 32.0 Å². The fourth-order valence-corrected chi connectivity index (χ4v) is 1.70. The van der Waals surface area contributed by atoms with Gasteiger partial charge in [-0.25, -0.2) is 4.79 Å². The van der Waals surface area contributed by atoms with E-state index in [0.29, 0.717) is 5.58 Å². The number of hydrogen-bond acceptors (Lipinski definition) is 4. The third-order valence-electron chi connectivity index (χ3n) is 2.98. The van der Waals surface area contributed by atoms with Crippen LogP contribution in [-0.2, 0) is 9.53 Å². The third kappa shape index (κ3) is 3.38. The predicted octanol–water partition coefficient (Wildman–Crippen LogP) is 2.50. The largest absolute Gasteiger partial charge is 0.450 e. The van der Waals surface area contributed by atoms with Crippen LogP contribution in [0.15, 0.2) is 34.7 Å². The molecule has 0 bridgehead atoms. The lowest BCUT2D eigenvalue weighted by atomic mass is 10.2. The van der Waals surface area contributed by atoms with Gasteiger partial charge in [0.15, 0.2) is 6.61 Å². The number of carbonyl (C=O) groups is 2. The maximum atomic E-state index is 11.8. The summed E-state index contributed by atoms with van der Waals surface area (Å²) in [5, 5.41) is 3.54. The van der Waals surface area contributed by atoms with Crippen molar-refractivity contribution in [2.24, 2.45) is 0 Å². The summed E-state index contributed by atoms with van der Waals surface area (Å²) in [5.41, 5.74) is 0.614. The zero-order valence-electron chi connectivity index (χ0n) is 11.5. The molecule has 0 saturated heterocycles. The minimum atomic E-state index is -0.638. The predicted molar refractivity (Wildman–Crippen MR) is 74.4 cm³/mol. The van der Waals surface area contributed by atoms with Gasteiger partial charge in [0, 0.05) is 11.4 Å². The number of amides is 1. The fraction of sp³-hybridized carbons (Fsp3) is 0.333. The first-order chi connectivity index (χ1) is 9.60. The summed E-state index contributed by atoms with van der Waals surface area (Å²) in [7, 11) is 0. The summed E-state index contributed by atoms with van der Waals surface area (Å²) >= 11 is 0. The van der Waals surface area contributed by atoms with Gasteiger partial charge < -0.3 is 14.5 Å². The molecule has 1 aromatic heterocycles. The monoisotopic (exact) mass is 275 g/mol. The molecule has 2 aromatic rings. The van der Waals surface area contributed by atoms with E-state index in [1.165, 1.54) is 0 Å². The van der Waals surface area contributed by atoms with Gasteiger partial charge in [0.1, 0.15) is 5.58 Å². The van der Waals surface area contributed by atoms with Crippen LogP contribution in [0.2, 0.25) is 0 Å². The van der Waals surface area contributed by atoms with Crippen LogP contribution < -0.4 is 5.32 Å². The smallest absolute Gasteiger partial charge is 0.374 e. The highest BCUT2D eigenvalue weighted by molar-refractivity contribution is 5.93. The Morgan fingerprint density at radius 1 is 1.35 bits per heavy atom. The molecule has 1 N–H and O–H groups in total. The Morgan fingerprint density at radius 2 is 2.10 bits per heavy atom. The Morgan fingerprint density at radius 3 is 2.80 bits per heavy atom. The van der Waals surface area contributed by atoms with Crippen molar-refractivity contribution < 1.29 is 18.7 Å². The van der Waals surface area contributed by atoms with Crippen molar-refractivity contribution in [3.8, 4) is 0 Å². The molecule has 2 rings (SSSR count). The van der Waals surface area contributed by atoms with Crippen LogP contribution in [0.5, 0.6) is 0 Å². The molecule has 1 aromatic carbocycles. The van der Waals surface area contributed by atoms with E-state index < -0.39 is 5.97 Å². The first-order valence-corrected chi connectivity index (χ1v) is 6.55. The van der Waals surface area contributed by atoms with E-state index in [9.17, 15) is 9.59 Å². The van der Waals surface area contributed by atoms with E-state index in [2.05, 4.69) is 5.32 Å². The van der Waals surface area contributed by atoms with Crippen molar-refractivity contribution in [1.82, 2.24) is 5.32 Å². The van der Waals surface area contributed by atoms with E-state index in [4.69, 9.17) is 9.15 Å². The quantitative estimate of drug-likeness (QED) is 0.851. The molecule has 0 spiro atoms. The Labute approximate surface area is 116 Å². The van der Waals surface area contributed by atoms with Crippen LogP contribution in [0.25, 0.3) is 11.0 Å². The number of hydrogen-bond donors (Lipinski definition) is 1. The van der Waals surface area contributed by atoms with Gasteiger partial charge in [0.05, 0.1) is 0 Å². The molecule has 106 valence electrons. The zero-order chi connectivity index (χ0) is 14.5. The normalized spacial score (nSPS) is 12.1. The number of fused-ring (bicyclic) bond motifs is 1. The molecule has 5 nitrogen and oxygen atoms in total. The van der Waals surface area contributed by atoms with Gasteiger partial charge in [-0.3, -0.25) is 4.79 Å². The molecule has 0 aliphatic heterocycles. The molecule has 0 fully saturated rings. The summed E-state index contributed by atoms with van der Waals surface area (Å²) in [6.45, 7) is 3.55. The lowest BCUT2D eigenvalue weighted by Gasteiger charge is -2.10. The minimum Gasteiger partial charge on any atom is -0.450 e. The highest BCUT2D eigenvalue weighted by atomic mass is 16.5. The summed E-state index contributed by atoms with van der Waals surface area (Å²) in [5.74, 6) is -0.855.